The Morgan fingerprint density at radius 1 is 1.40 bits per heavy atom. The van der Waals surface area contributed by atoms with Crippen LogP contribution in [0.1, 0.15) is 41.0 Å². The van der Waals surface area contributed by atoms with Crippen LogP contribution in [0.15, 0.2) is 40.5 Å². The van der Waals surface area contributed by atoms with Gasteiger partial charge in [-0.3, -0.25) is 4.79 Å². The molecule has 5 nitrogen and oxygen atoms in total. The van der Waals surface area contributed by atoms with Crippen LogP contribution in [0.5, 0.6) is 6.08 Å². The fraction of sp³-hybridized carbons (Fsp3) is 0.500. The molecular formula is C20H26N2O3. The van der Waals surface area contributed by atoms with E-state index in [9.17, 15) is 4.79 Å². The Hall–Kier alpha value is -2.30. The van der Waals surface area contributed by atoms with Crippen molar-refractivity contribution in [3.05, 3.63) is 36.0 Å². The van der Waals surface area contributed by atoms with E-state index in [-0.39, 0.29) is 30.0 Å². The molecule has 0 N–H and O–H groups in total. The average molecular weight is 342 g/mol. The zero-order chi connectivity index (χ0) is 18.2. The van der Waals surface area contributed by atoms with E-state index in [1.165, 1.54) is 0 Å². The second-order valence-corrected chi connectivity index (χ2v) is 7.71. The Kier molecular flexibility index (Phi) is 4.58. The van der Waals surface area contributed by atoms with Crippen molar-refractivity contribution < 1.29 is 13.9 Å². The summed E-state index contributed by atoms with van der Waals surface area (Å²) >= 11 is 0. The minimum Gasteiger partial charge on any atom is -0.440 e. The molecule has 1 aliphatic carbocycles. The number of ether oxygens (including phenoxy) is 1. The van der Waals surface area contributed by atoms with Gasteiger partial charge >= 0.3 is 6.08 Å². The van der Waals surface area contributed by atoms with E-state index in [2.05, 4.69) is 31.8 Å². The minimum atomic E-state index is -0.0862. The fourth-order valence-electron chi connectivity index (χ4n) is 3.25. The first kappa shape index (κ1) is 17.5. The van der Waals surface area contributed by atoms with E-state index in [0.29, 0.717) is 11.5 Å². The summed E-state index contributed by atoms with van der Waals surface area (Å²) in [6, 6.07) is 7.51. The molecule has 134 valence electrons. The lowest BCUT2D eigenvalue weighted by Crippen LogP contribution is -2.39. The van der Waals surface area contributed by atoms with Crippen LogP contribution in [-0.4, -0.2) is 28.4 Å². The third-order valence-electron chi connectivity index (χ3n) is 5.00. The molecular weight excluding hydrogens is 316 g/mol. The molecule has 0 spiro atoms. The van der Waals surface area contributed by atoms with E-state index < -0.39 is 0 Å². The van der Waals surface area contributed by atoms with Crippen LogP contribution in [0.3, 0.4) is 0 Å². The Bertz CT molecular complexity index is 771. The Balaban J connectivity index is 1.70. The van der Waals surface area contributed by atoms with Gasteiger partial charge in [-0.05, 0) is 43.7 Å². The number of rotatable bonds is 5. The summed E-state index contributed by atoms with van der Waals surface area (Å²) in [5.74, 6) is 0.364. The van der Waals surface area contributed by atoms with E-state index in [1.54, 1.807) is 0 Å². The van der Waals surface area contributed by atoms with Crippen molar-refractivity contribution in [1.82, 2.24) is 9.88 Å². The summed E-state index contributed by atoms with van der Waals surface area (Å²) in [6.45, 7) is 10.6. The average Bonchev–Trinajstić information content (AvgIpc) is 3.05. The third kappa shape index (κ3) is 3.55. The molecule has 0 aliphatic heterocycles. The van der Waals surface area contributed by atoms with Gasteiger partial charge in [0.1, 0.15) is 5.52 Å². The highest BCUT2D eigenvalue weighted by atomic mass is 16.6. The summed E-state index contributed by atoms with van der Waals surface area (Å²) < 4.78 is 11.0. The van der Waals surface area contributed by atoms with Gasteiger partial charge in [0.15, 0.2) is 12.2 Å². The molecule has 25 heavy (non-hydrogen) atoms. The highest BCUT2D eigenvalue weighted by molar-refractivity contribution is 5.80. The van der Waals surface area contributed by atoms with Gasteiger partial charge in [0.05, 0.1) is 0 Å². The number of carbonyl (C=O) groups is 1. The highest BCUT2D eigenvalue weighted by Gasteiger charge is 2.36. The van der Waals surface area contributed by atoms with E-state index in [4.69, 9.17) is 9.15 Å². The maximum atomic E-state index is 12.8. The Morgan fingerprint density at radius 3 is 2.72 bits per heavy atom. The van der Waals surface area contributed by atoms with Crippen LogP contribution < -0.4 is 4.74 Å². The zero-order valence-electron chi connectivity index (χ0n) is 15.6. The van der Waals surface area contributed by atoms with Crippen LogP contribution >= 0.6 is 0 Å². The molecule has 1 aromatic heterocycles. The monoisotopic (exact) mass is 342 g/mol. The summed E-state index contributed by atoms with van der Waals surface area (Å²) in [5, 5.41) is 0. The van der Waals surface area contributed by atoms with Crippen molar-refractivity contribution >= 4 is 17.0 Å². The molecule has 5 heteroatoms. The van der Waals surface area contributed by atoms with Crippen LogP contribution in [0.4, 0.5) is 0 Å². The number of para-hydroxylation sites is 2. The predicted molar refractivity (Wildman–Crippen MR) is 97.1 cm³/mol. The lowest BCUT2D eigenvalue weighted by molar-refractivity contribution is -0.133. The third-order valence-corrected chi connectivity index (χ3v) is 5.00. The molecule has 3 rings (SSSR count). The number of hydrogen-bond acceptors (Lipinski definition) is 4. The summed E-state index contributed by atoms with van der Waals surface area (Å²) in [6.07, 6.45) is 3.23. The smallest absolute Gasteiger partial charge is 0.395 e. The topological polar surface area (TPSA) is 55.6 Å². The number of amides is 1. The number of aromatic nitrogens is 1. The molecule has 1 unspecified atom stereocenters. The second-order valence-electron chi connectivity index (χ2n) is 7.71. The molecule has 0 radical (unpaired) electrons. The molecule has 1 aliphatic rings. The second kappa shape index (κ2) is 6.54. The summed E-state index contributed by atoms with van der Waals surface area (Å²) in [7, 11) is 0. The number of nitrogens with zero attached hydrogens (tertiary/aromatic N) is 2. The number of oxazole rings is 1. The largest absolute Gasteiger partial charge is 0.440 e. The van der Waals surface area contributed by atoms with Crippen molar-refractivity contribution in [2.45, 2.75) is 47.1 Å². The van der Waals surface area contributed by atoms with Crippen LogP contribution in [-0.2, 0) is 4.79 Å². The maximum absolute atomic E-state index is 12.8. The van der Waals surface area contributed by atoms with Crippen molar-refractivity contribution in [3.63, 3.8) is 0 Å². The lowest BCUT2D eigenvalue weighted by atomic mass is 9.82. The number of benzene rings is 1. The molecule has 2 aromatic rings. The Labute approximate surface area is 148 Å². The molecule has 0 saturated heterocycles. The van der Waals surface area contributed by atoms with Gasteiger partial charge in [0.25, 0.3) is 5.91 Å². The van der Waals surface area contributed by atoms with Gasteiger partial charge < -0.3 is 14.1 Å². The minimum absolute atomic E-state index is 0.0755. The molecule has 0 bridgehead atoms. The number of hydrogen-bond donors (Lipinski definition) is 0. The van der Waals surface area contributed by atoms with Crippen molar-refractivity contribution in [3.8, 4) is 6.08 Å². The van der Waals surface area contributed by atoms with Gasteiger partial charge in [0.2, 0.25) is 0 Å². The van der Waals surface area contributed by atoms with E-state index in [0.717, 1.165) is 17.6 Å². The standard InChI is InChI=1S/C20H26N2O3/c1-13(2)22(15-10-14(3)20(4,5)11-15)18(23)12-24-19-21-16-8-6-7-9-17(16)25-19/h6-10,13-14H,11-12H2,1-5H3. The van der Waals surface area contributed by atoms with Gasteiger partial charge in [-0.2, -0.15) is 4.98 Å². The summed E-state index contributed by atoms with van der Waals surface area (Å²) in [5.41, 5.74) is 2.63. The lowest BCUT2D eigenvalue weighted by Gasteiger charge is -2.30. The fourth-order valence-corrected chi connectivity index (χ4v) is 3.25. The van der Waals surface area contributed by atoms with Crippen molar-refractivity contribution in [2.24, 2.45) is 11.3 Å². The molecule has 1 aromatic carbocycles. The van der Waals surface area contributed by atoms with Gasteiger partial charge in [-0.25, -0.2) is 0 Å². The quantitative estimate of drug-likeness (QED) is 0.808. The van der Waals surface area contributed by atoms with Gasteiger partial charge in [-0.1, -0.05) is 39.0 Å². The summed E-state index contributed by atoms with van der Waals surface area (Å²) in [4.78, 5) is 18.9. The number of fused-ring (bicyclic) bond motifs is 1. The SMILES string of the molecule is CC(C)N(C(=O)COc1nc2ccccc2o1)C1=CC(C)C(C)(C)C1. The maximum Gasteiger partial charge on any atom is 0.395 e. The van der Waals surface area contributed by atoms with Crippen LogP contribution in [0.2, 0.25) is 0 Å². The molecule has 1 atom stereocenters. The molecule has 0 saturated carbocycles. The molecule has 1 amide bonds. The first-order valence-electron chi connectivity index (χ1n) is 8.79. The van der Waals surface area contributed by atoms with Crippen molar-refractivity contribution in [1.29, 1.82) is 0 Å². The highest BCUT2D eigenvalue weighted by Crippen LogP contribution is 2.42. The number of carbonyl (C=O) groups excluding carboxylic acids is 1. The van der Waals surface area contributed by atoms with Gasteiger partial charge in [-0.15, -0.1) is 0 Å². The molecule has 1 heterocycles. The Morgan fingerprint density at radius 2 is 2.12 bits per heavy atom. The van der Waals surface area contributed by atoms with Crippen LogP contribution in [0.25, 0.3) is 11.1 Å². The van der Waals surface area contributed by atoms with Crippen molar-refractivity contribution in [2.75, 3.05) is 6.61 Å². The van der Waals surface area contributed by atoms with E-state index >= 15 is 0 Å². The normalized spacial score (nSPS) is 19.3. The zero-order valence-corrected chi connectivity index (χ0v) is 15.6. The first-order valence-corrected chi connectivity index (χ1v) is 8.79. The van der Waals surface area contributed by atoms with Gasteiger partial charge in [0, 0.05) is 11.7 Å². The van der Waals surface area contributed by atoms with E-state index in [1.807, 2.05) is 43.0 Å². The van der Waals surface area contributed by atoms with Crippen LogP contribution in [0, 0.1) is 11.3 Å². The predicted octanol–water partition coefficient (Wildman–Crippen LogP) is 4.39. The first-order chi connectivity index (χ1) is 11.8. The number of allylic oxidation sites excluding steroid dienone is 2. The molecule has 0 fully saturated rings.